The molecule has 0 atom stereocenters. The Morgan fingerprint density at radius 3 is 2.68 bits per heavy atom. The van der Waals surface area contributed by atoms with Gasteiger partial charge >= 0.3 is 0 Å². The number of amides is 1. The minimum Gasteiger partial charge on any atom is -0.356 e. The van der Waals surface area contributed by atoms with E-state index in [-0.39, 0.29) is 35.3 Å². The second kappa shape index (κ2) is 10.1. The zero-order valence-electron chi connectivity index (χ0n) is 16.9. The second-order valence-electron chi connectivity index (χ2n) is 7.49. The molecule has 8 heteroatoms. The lowest BCUT2D eigenvalue weighted by Gasteiger charge is -2.31. The predicted molar refractivity (Wildman–Crippen MR) is 123 cm³/mol. The van der Waals surface area contributed by atoms with Gasteiger partial charge in [-0.2, -0.15) is 0 Å². The first-order valence-corrected chi connectivity index (χ1v) is 9.63. The number of imidazole rings is 1. The summed E-state index contributed by atoms with van der Waals surface area (Å²) in [6, 6.07) is 5.99. The number of hydrogen-bond donors (Lipinski definition) is 2. The van der Waals surface area contributed by atoms with Crippen molar-refractivity contribution in [2.45, 2.75) is 32.1 Å². The Kier molecular flexibility index (Phi) is 8.09. The zero-order chi connectivity index (χ0) is 19.3. The third-order valence-electron chi connectivity index (χ3n) is 5.33. The lowest BCUT2D eigenvalue weighted by molar-refractivity contribution is -0.138. The van der Waals surface area contributed by atoms with E-state index in [1.54, 1.807) is 11.9 Å². The Labute approximate surface area is 184 Å². The van der Waals surface area contributed by atoms with E-state index in [4.69, 9.17) is 0 Å². The van der Waals surface area contributed by atoms with E-state index in [1.165, 1.54) is 0 Å². The Hall–Kier alpha value is -1.84. The predicted octanol–water partition coefficient (Wildman–Crippen LogP) is 2.31. The number of carbonyl (C=O) groups excluding carboxylic acids is 1. The third-order valence-corrected chi connectivity index (χ3v) is 5.33. The van der Waals surface area contributed by atoms with E-state index in [2.05, 4.69) is 26.8 Å². The van der Waals surface area contributed by atoms with Crippen LogP contribution in [-0.4, -0.2) is 60.4 Å². The number of nitrogens with one attached hydrogen (secondary N) is 2. The van der Waals surface area contributed by atoms with Crippen LogP contribution in [0.2, 0.25) is 0 Å². The fourth-order valence-corrected chi connectivity index (χ4v) is 3.88. The van der Waals surface area contributed by atoms with Gasteiger partial charge in [0.2, 0.25) is 5.91 Å². The average molecular weight is 498 g/mol. The summed E-state index contributed by atoms with van der Waals surface area (Å²) < 4.78 is 2.03. The van der Waals surface area contributed by atoms with Gasteiger partial charge in [-0.05, 0) is 25.0 Å². The number of pyridine rings is 1. The zero-order valence-corrected chi connectivity index (χ0v) is 19.3. The van der Waals surface area contributed by atoms with Gasteiger partial charge in [0.25, 0.3) is 0 Å². The molecule has 28 heavy (non-hydrogen) atoms. The van der Waals surface area contributed by atoms with Gasteiger partial charge in [-0.1, -0.05) is 18.9 Å². The number of nitrogens with zero attached hydrogens (tertiary/aromatic N) is 4. The van der Waals surface area contributed by atoms with Crippen molar-refractivity contribution in [2.24, 2.45) is 10.4 Å². The molecule has 0 saturated heterocycles. The lowest BCUT2D eigenvalue weighted by atomic mass is 9.84. The number of fused-ring (bicyclic) bond motifs is 1. The maximum atomic E-state index is 12.7. The van der Waals surface area contributed by atoms with Gasteiger partial charge in [0.1, 0.15) is 5.65 Å². The van der Waals surface area contributed by atoms with Crippen LogP contribution >= 0.6 is 24.0 Å². The molecule has 2 aromatic rings. The molecule has 2 N–H and O–H groups in total. The molecule has 2 heterocycles. The van der Waals surface area contributed by atoms with Gasteiger partial charge in [-0.3, -0.25) is 9.79 Å². The lowest BCUT2D eigenvalue weighted by Crippen LogP contribution is -2.49. The molecule has 0 aromatic carbocycles. The van der Waals surface area contributed by atoms with Crippen molar-refractivity contribution >= 4 is 41.5 Å². The summed E-state index contributed by atoms with van der Waals surface area (Å²) in [6.07, 6.45) is 8.97. The minimum atomic E-state index is -0.303. The molecule has 1 aliphatic rings. The fourth-order valence-electron chi connectivity index (χ4n) is 3.88. The molecule has 1 amide bonds. The van der Waals surface area contributed by atoms with Crippen LogP contribution in [0.3, 0.4) is 0 Å². The Bertz CT molecular complexity index is 777. The van der Waals surface area contributed by atoms with Crippen LogP contribution in [0.15, 0.2) is 35.6 Å². The standard InChI is InChI=1S/C20H30N6O.HI/c1-21-19(23-15-20(10-5-6-11-20)18(27)25(2)3)22-12-9-16-14-26-13-7-4-8-17(26)24-16;/h4,7-8,13-14H,5-6,9-12,15H2,1-3H3,(H2,21,22,23);1H. The van der Waals surface area contributed by atoms with Crippen LogP contribution in [-0.2, 0) is 11.2 Å². The molecule has 7 nitrogen and oxygen atoms in total. The van der Waals surface area contributed by atoms with Crippen molar-refractivity contribution in [3.63, 3.8) is 0 Å². The van der Waals surface area contributed by atoms with Crippen LogP contribution in [0.4, 0.5) is 0 Å². The van der Waals surface area contributed by atoms with E-state index >= 15 is 0 Å². The second-order valence-corrected chi connectivity index (χ2v) is 7.49. The SMILES string of the molecule is CN=C(NCCc1cn2ccccc2n1)NCC1(C(=O)N(C)C)CCCC1.I. The molecular weight excluding hydrogens is 467 g/mol. The normalized spacial score (nSPS) is 15.9. The highest BCUT2D eigenvalue weighted by Gasteiger charge is 2.42. The number of carbonyl (C=O) groups is 1. The Morgan fingerprint density at radius 2 is 2.04 bits per heavy atom. The van der Waals surface area contributed by atoms with Crippen molar-refractivity contribution in [2.75, 3.05) is 34.2 Å². The highest BCUT2D eigenvalue weighted by atomic mass is 127. The van der Waals surface area contributed by atoms with Crippen molar-refractivity contribution in [1.29, 1.82) is 0 Å². The topological polar surface area (TPSA) is 74.0 Å². The quantitative estimate of drug-likeness (QED) is 0.364. The Morgan fingerprint density at radius 1 is 1.29 bits per heavy atom. The first-order valence-electron chi connectivity index (χ1n) is 9.63. The molecule has 1 aliphatic carbocycles. The monoisotopic (exact) mass is 498 g/mol. The first-order chi connectivity index (χ1) is 13.0. The number of guanidine groups is 1. The van der Waals surface area contributed by atoms with E-state index in [1.807, 2.05) is 42.9 Å². The summed E-state index contributed by atoms with van der Waals surface area (Å²) in [7, 11) is 5.43. The van der Waals surface area contributed by atoms with Gasteiger partial charge in [0.15, 0.2) is 5.96 Å². The molecule has 3 rings (SSSR count). The van der Waals surface area contributed by atoms with Gasteiger partial charge in [0, 0.05) is 53.0 Å². The molecule has 0 radical (unpaired) electrons. The maximum absolute atomic E-state index is 12.7. The molecule has 1 saturated carbocycles. The van der Waals surface area contributed by atoms with Gasteiger partial charge < -0.3 is 19.9 Å². The largest absolute Gasteiger partial charge is 0.356 e. The molecule has 0 bridgehead atoms. The van der Waals surface area contributed by atoms with Gasteiger partial charge in [-0.15, -0.1) is 24.0 Å². The van der Waals surface area contributed by atoms with Crippen LogP contribution in [0, 0.1) is 5.41 Å². The first kappa shape index (κ1) is 22.4. The summed E-state index contributed by atoms with van der Waals surface area (Å²) in [4.78, 5) is 23.3. The molecule has 0 unspecified atom stereocenters. The van der Waals surface area contributed by atoms with E-state index in [9.17, 15) is 4.79 Å². The summed E-state index contributed by atoms with van der Waals surface area (Å²) >= 11 is 0. The smallest absolute Gasteiger partial charge is 0.230 e. The number of aliphatic imine (C=N–C) groups is 1. The molecule has 154 valence electrons. The summed E-state index contributed by atoms with van der Waals surface area (Å²) in [5.41, 5.74) is 1.70. The van der Waals surface area contributed by atoms with Crippen LogP contribution in [0.25, 0.3) is 5.65 Å². The molecule has 0 spiro atoms. The van der Waals surface area contributed by atoms with E-state index in [0.717, 1.165) is 55.9 Å². The van der Waals surface area contributed by atoms with Crippen molar-refractivity contribution in [1.82, 2.24) is 24.9 Å². The number of rotatable bonds is 6. The van der Waals surface area contributed by atoms with Crippen LogP contribution in [0.5, 0.6) is 0 Å². The summed E-state index contributed by atoms with van der Waals surface area (Å²) in [5.74, 6) is 0.948. The summed E-state index contributed by atoms with van der Waals surface area (Å²) in [6.45, 7) is 1.36. The van der Waals surface area contributed by atoms with Crippen molar-refractivity contribution in [3.8, 4) is 0 Å². The molecular formula is C20H31IN6O. The minimum absolute atomic E-state index is 0. The molecule has 0 aliphatic heterocycles. The van der Waals surface area contributed by atoms with Crippen LogP contribution < -0.4 is 10.6 Å². The van der Waals surface area contributed by atoms with E-state index in [0.29, 0.717) is 6.54 Å². The van der Waals surface area contributed by atoms with Gasteiger partial charge in [0.05, 0.1) is 11.1 Å². The fraction of sp³-hybridized carbons (Fsp3) is 0.550. The van der Waals surface area contributed by atoms with Crippen molar-refractivity contribution in [3.05, 3.63) is 36.3 Å². The highest BCUT2D eigenvalue weighted by molar-refractivity contribution is 14.0. The average Bonchev–Trinajstić information content (AvgIpc) is 3.31. The maximum Gasteiger partial charge on any atom is 0.230 e. The summed E-state index contributed by atoms with van der Waals surface area (Å²) in [5, 5.41) is 6.70. The number of aromatic nitrogens is 2. The molecule has 2 aromatic heterocycles. The third kappa shape index (κ3) is 5.15. The number of halogens is 1. The van der Waals surface area contributed by atoms with E-state index < -0.39 is 0 Å². The number of hydrogen-bond acceptors (Lipinski definition) is 3. The van der Waals surface area contributed by atoms with Crippen molar-refractivity contribution < 1.29 is 4.79 Å². The molecule has 1 fully saturated rings. The van der Waals surface area contributed by atoms with Gasteiger partial charge in [-0.25, -0.2) is 4.98 Å². The Balaban J connectivity index is 0.00000280. The van der Waals surface area contributed by atoms with Crippen LogP contribution in [0.1, 0.15) is 31.4 Å². The highest BCUT2D eigenvalue weighted by Crippen LogP contribution is 2.38.